The van der Waals surface area contributed by atoms with Gasteiger partial charge in [-0.15, -0.1) is 0 Å². The number of benzene rings is 9. The van der Waals surface area contributed by atoms with Crippen molar-refractivity contribution < 1.29 is 54.4 Å². The highest BCUT2D eigenvalue weighted by Crippen LogP contribution is 2.59. The van der Waals surface area contributed by atoms with Crippen LogP contribution in [-0.4, -0.2) is 50.0 Å². The Labute approximate surface area is 375 Å². The van der Waals surface area contributed by atoms with E-state index in [1.807, 2.05) is 115 Å². The quantitative estimate of drug-likeness (QED) is 0.0352. The molecule has 13 heteroatoms. The Morgan fingerprint density at radius 3 is 1.48 bits per heavy atom. The zero-order chi connectivity index (χ0) is 45.6. The van der Waals surface area contributed by atoms with Crippen molar-refractivity contribution in [1.29, 1.82) is 0 Å². The number of nitrogens with zero attached hydrogens (tertiary/aromatic N) is 2. The van der Waals surface area contributed by atoms with Gasteiger partial charge in [0.2, 0.25) is 22.7 Å². The van der Waals surface area contributed by atoms with E-state index < -0.39 is 46.0 Å². The molecule has 9 aromatic carbocycles. The van der Waals surface area contributed by atoms with Crippen molar-refractivity contribution in [2.24, 2.45) is 0 Å². The maximum absolute atomic E-state index is 12.6. The van der Waals surface area contributed by atoms with Gasteiger partial charge < -0.3 is 54.4 Å². The molecule has 0 bridgehead atoms. The zero-order valence-corrected chi connectivity index (χ0v) is 34.6. The van der Waals surface area contributed by atoms with Crippen LogP contribution in [-0.2, 0) is 0 Å². The van der Waals surface area contributed by atoms with Gasteiger partial charge in [-0.2, -0.15) is 0 Å². The summed E-state index contributed by atoms with van der Waals surface area (Å²) in [6, 6.07) is 45.1. The van der Waals surface area contributed by atoms with Crippen LogP contribution in [0.25, 0.3) is 121 Å². The van der Waals surface area contributed by atoms with Gasteiger partial charge in [-0.25, -0.2) is 0 Å². The van der Waals surface area contributed by atoms with Gasteiger partial charge in [0.05, 0.1) is 26.9 Å². The molecule has 0 saturated heterocycles. The van der Waals surface area contributed by atoms with Crippen LogP contribution >= 0.6 is 0 Å². The monoisotopic (exact) mass is 884 g/mol. The number of aromatic hydroxyl groups is 8. The standard InChI is InChI=1S/C54H32N2O11/c57-34-23-22-33-35-41(56(40(33)44(34)58)32-13-7-12-30(24-32)26-10-5-2-6-11-26)48(62)54-38-39-52(66-67-54)37-36-42(46(60)50(64)49(63)45(36)59)55(43(37)47(61)53(39)65-51(35)38)31-20-18-29(19-21-31)28-16-14-27(15-17-28)25-8-3-1-4-9-25/h1-24,57-64H. The van der Waals surface area contributed by atoms with Crippen molar-refractivity contribution in [3.63, 3.8) is 0 Å². The Morgan fingerprint density at radius 1 is 0.299 bits per heavy atom. The van der Waals surface area contributed by atoms with Gasteiger partial charge in [-0.05, 0) is 69.8 Å². The Kier molecular flexibility index (Phi) is 7.61. The second-order valence-electron chi connectivity index (χ2n) is 16.5. The summed E-state index contributed by atoms with van der Waals surface area (Å²) in [5, 5.41) is 93.1. The van der Waals surface area contributed by atoms with E-state index in [0.29, 0.717) is 16.8 Å². The van der Waals surface area contributed by atoms with Crippen LogP contribution in [0.4, 0.5) is 0 Å². The van der Waals surface area contributed by atoms with E-state index in [1.165, 1.54) is 10.6 Å². The highest BCUT2D eigenvalue weighted by Gasteiger charge is 2.36. The first kappa shape index (κ1) is 37.9. The lowest BCUT2D eigenvalue weighted by atomic mass is 10.0. The molecule has 0 radical (unpaired) electrons. The number of hydrogen-bond acceptors (Lipinski definition) is 11. The number of phenolic OH excluding ortho intramolecular Hbond substituents is 8. The third kappa shape index (κ3) is 5.01. The van der Waals surface area contributed by atoms with E-state index >= 15 is 0 Å². The number of aromatic nitrogens is 2. The molecule has 0 spiro atoms. The second kappa shape index (κ2) is 13.5. The molecular weight excluding hydrogens is 853 g/mol. The average molecular weight is 885 g/mol. The molecule has 0 atom stereocenters. The van der Waals surface area contributed by atoms with Gasteiger partial charge in [-0.1, -0.05) is 109 Å². The zero-order valence-electron chi connectivity index (χ0n) is 34.6. The fourth-order valence-corrected chi connectivity index (χ4v) is 9.90. The third-order valence-electron chi connectivity index (χ3n) is 13.0. The van der Waals surface area contributed by atoms with Crippen molar-refractivity contribution in [3.8, 4) is 90.8 Å². The summed E-state index contributed by atoms with van der Waals surface area (Å²) >= 11 is 0. The Bertz CT molecular complexity index is 4210. The van der Waals surface area contributed by atoms with E-state index in [1.54, 1.807) is 28.8 Å². The minimum absolute atomic E-state index is 0.0423. The van der Waals surface area contributed by atoms with Crippen LogP contribution in [0.1, 0.15) is 0 Å². The molecule has 0 amide bonds. The van der Waals surface area contributed by atoms with Crippen LogP contribution in [0.15, 0.2) is 159 Å². The minimum atomic E-state index is -1.02. The Hall–Kier alpha value is -9.62. The Morgan fingerprint density at radius 2 is 0.806 bits per heavy atom. The van der Waals surface area contributed by atoms with Crippen molar-refractivity contribution in [2.45, 2.75) is 0 Å². The molecule has 4 aromatic heterocycles. The van der Waals surface area contributed by atoms with Gasteiger partial charge in [0.1, 0.15) is 27.6 Å². The summed E-state index contributed by atoms with van der Waals surface area (Å²) in [6.45, 7) is 0. The molecule has 67 heavy (non-hydrogen) atoms. The van der Waals surface area contributed by atoms with E-state index in [9.17, 15) is 40.9 Å². The van der Waals surface area contributed by atoms with E-state index in [4.69, 9.17) is 13.6 Å². The molecule has 0 fully saturated rings. The molecule has 4 heterocycles. The predicted molar refractivity (Wildman–Crippen MR) is 254 cm³/mol. The fraction of sp³-hybridized carbons (Fsp3) is 0. The van der Waals surface area contributed by atoms with Crippen LogP contribution in [0.3, 0.4) is 0 Å². The molecule has 0 aliphatic heterocycles. The van der Waals surface area contributed by atoms with Gasteiger partial charge in [0, 0.05) is 16.8 Å². The Balaban J connectivity index is 1.10. The van der Waals surface area contributed by atoms with E-state index in [2.05, 4.69) is 0 Å². The number of fused-ring (bicyclic) bond motifs is 8. The van der Waals surface area contributed by atoms with Crippen LogP contribution in [0, 0.1) is 0 Å². The van der Waals surface area contributed by atoms with Crippen molar-refractivity contribution >= 4 is 76.7 Å². The van der Waals surface area contributed by atoms with Crippen LogP contribution in [0.5, 0.6) is 46.0 Å². The molecule has 0 unspecified atom stereocenters. The topological polar surface area (TPSA) is 211 Å². The lowest BCUT2D eigenvalue weighted by Gasteiger charge is -2.12. The van der Waals surface area contributed by atoms with Gasteiger partial charge in [-0.3, -0.25) is 9.15 Å². The van der Waals surface area contributed by atoms with E-state index in [-0.39, 0.29) is 71.3 Å². The molecule has 13 nitrogen and oxygen atoms in total. The van der Waals surface area contributed by atoms with Crippen LogP contribution < -0.4 is 0 Å². The number of phenols is 8. The smallest absolute Gasteiger partial charge is 0.234 e. The molecule has 13 rings (SSSR count). The number of rotatable bonds is 5. The number of furan rings is 1. The maximum atomic E-state index is 12.6. The first-order valence-corrected chi connectivity index (χ1v) is 21.1. The van der Waals surface area contributed by atoms with Crippen LogP contribution in [0.2, 0.25) is 0 Å². The highest BCUT2D eigenvalue weighted by molar-refractivity contribution is 6.38. The molecule has 0 aliphatic carbocycles. The summed E-state index contributed by atoms with van der Waals surface area (Å²) in [6.07, 6.45) is 0. The molecule has 13 aromatic rings. The lowest BCUT2D eigenvalue weighted by molar-refractivity contribution is 0.0892. The second-order valence-corrected chi connectivity index (χ2v) is 16.5. The fourth-order valence-electron chi connectivity index (χ4n) is 9.90. The largest absolute Gasteiger partial charge is 0.504 e. The summed E-state index contributed by atoms with van der Waals surface area (Å²) in [5.41, 5.74) is 6.10. The molecular formula is C54H32N2O11. The summed E-state index contributed by atoms with van der Waals surface area (Å²) in [4.78, 5) is 0. The highest BCUT2D eigenvalue weighted by atomic mass is 17.0. The van der Waals surface area contributed by atoms with Crippen molar-refractivity contribution in [2.75, 3.05) is 0 Å². The summed E-state index contributed by atoms with van der Waals surface area (Å²) in [7, 11) is 0. The molecule has 324 valence electrons. The first-order chi connectivity index (χ1) is 32.6. The molecule has 0 saturated carbocycles. The van der Waals surface area contributed by atoms with Gasteiger partial charge in [0.15, 0.2) is 40.1 Å². The lowest BCUT2D eigenvalue weighted by Crippen LogP contribution is -1.96. The summed E-state index contributed by atoms with van der Waals surface area (Å²) in [5.74, 6) is -5.48. The van der Waals surface area contributed by atoms with Gasteiger partial charge >= 0.3 is 0 Å². The third-order valence-corrected chi connectivity index (χ3v) is 13.0. The summed E-state index contributed by atoms with van der Waals surface area (Å²) < 4.78 is 21.7. The number of hydrogen-bond donors (Lipinski definition) is 8. The maximum Gasteiger partial charge on any atom is 0.234 e. The normalized spacial score (nSPS) is 12.1. The minimum Gasteiger partial charge on any atom is -0.504 e. The predicted octanol–water partition coefficient (Wildman–Crippen LogP) is 12.8. The SMILES string of the molecule is Oc1ccc2c3c4oc5c(O)c6c(c7ooc(c(O)c3n(-c3cccc(-c8ccccc8)c3)c2c1O)c4c57)c1c(O)c(O)c(O)c(O)c1n6-c1ccc(-c2ccc(-c3ccccc3)cc2)cc1. The van der Waals surface area contributed by atoms with Gasteiger partial charge in [0.25, 0.3) is 0 Å². The molecule has 0 aliphatic rings. The molecule has 8 N–H and O–H groups in total. The van der Waals surface area contributed by atoms with Crippen molar-refractivity contribution in [1.82, 2.24) is 9.13 Å². The first-order valence-electron chi connectivity index (χ1n) is 21.1. The van der Waals surface area contributed by atoms with E-state index in [0.717, 1.165) is 33.4 Å². The average Bonchev–Trinajstić information content (AvgIpc) is 4.06. The van der Waals surface area contributed by atoms with Crippen molar-refractivity contribution in [3.05, 3.63) is 146 Å².